The van der Waals surface area contributed by atoms with Crippen LogP contribution in [0.5, 0.6) is 0 Å². The standard InChI is InChI=1S/C34H37N7O2/c1-39(27-13-14-27)15-5-8-30(42)40-18-24-16-28(17-25(24)19-40)41-20-29(31-32(35)36-21-37-33(31)41)22-9-11-23(12-10-22)34(43)38-26-6-3-2-4-7-26/h2-12,20-21,24-25,27-28H,13-19H2,1H3,(H,38,43)(H2,35,36,37). The van der Waals surface area contributed by atoms with Crippen molar-refractivity contribution in [3.05, 3.63) is 84.8 Å². The molecule has 0 bridgehead atoms. The average molecular weight is 576 g/mol. The van der Waals surface area contributed by atoms with Crippen molar-refractivity contribution in [3.63, 3.8) is 0 Å². The van der Waals surface area contributed by atoms with Crippen LogP contribution in [0.15, 0.2) is 79.3 Å². The minimum absolute atomic E-state index is 0.130. The minimum atomic E-state index is -0.158. The number of nitrogens with one attached hydrogen (secondary N) is 1. The van der Waals surface area contributed by atoms with Crippen LogP contribution in [0.2, 0.25) is 0 Å². The number of nitrogen functional groups attached to an aromatic ring is 1. The van der Waals surface area contributed by atoms with Gasteiger partial charge in [-0.1, -0.05) is 36.4 Å². The number of aromatic nitrogens is 3. The topological polar surface area (TPSA) is 109 Å². The van der Waals surface area contributed by atoms with Gasteiger partial charge in [-0.3, -0.25) is 14.5 Å². The molecule has 3 heterocycles. The predicted molar refractivity (Wildman–Crippen MR) is 168 cm³/mol. The highest BCUT2D eigenvalue weighted by molar-refractivity contribution is 6.05. The summed E-state index contributed by atoms with van der Waals surface area (Å²) >= 11 is 0. The number of nitrogens with two attached hydrogens (primary N) is 1. The summed E-state index contributed by atoms with van der Waals surface area (Å²) in [4.78, 5) is 39.0. The molecular weight excluding hydrogens is 538 g/mol. The van der Waals surface area contributed by atoms with Gasteiger partial charge in [0.25, 0.3) is 5.91 Å². The Morgan fingerprint density at radius 3 is 2.44 bits per heavy atom. The number of anilines is 2. The Bertz CT molecular complexity index is 1660. The quantitative estimate of drug-likeness (QED) is 0.287. The van der Waals surface area contributed by atoms with E-state index in [1.807, 2.05) is 65.6 Å². The van der Waals surface area contributed by atoms with Crippen molar-refractivity contribution in [1.29, 1.82) is 0 Å². The lowest BCUT2D eigenvalue weighted by molar-refractivity contribution is -0.125. The summed E-state index contributed by atoms with van der Waals surface area (Å²) in [6.45, 7) is 2.44. The average Bonchev–Trinajstić information content (AvgIpc) is 3.51. The maximum Gasteiger partial charge on any atom is 0.255 e. The van der Waals surface area contributed by atoms with Crippen LogP contribution in [-0.2, 0) is 4.79 Å². The van der Waals surface area contributed by atoms with Crippen molar-refractivity contribution in [2.24, 2.45) is 11.8 Å². The molecular formula is C34H37N7O2. The Kier molecular flexibility index (Phi) is 7.18. The summed E-state index contributed by atoms with van der Waals surface area (Å²) < 4.78 is 2.26. The van der Waals surface area contributed by atoms with E-state index in [4.69, 9.17) is 5.73 Å². The second-order valence-corrected chi connectivity index (χ2v) is 12.3. The molecule has 220 valence electrons. The highest BCUT2D eigenvalue weighted by atomic mass is 16.2. The van der Waals surface area contributed by atoms with Crippen LogP contribution in [0.4, 0.5) is 11.5 Å². The normalized spacial score (nSPS) is 21.6. The molecule has 1 saturated heterocycles. The number of benzene rings is 2. The van der Waals surface area contributed by atoms with Crippen LogP contribution in [0.1, 0.15) is 42.1 Å². The molecule has 2 aliphatic carbocycles. The molecule has 7 rings (SSSR count). The number of likely N-dealkylation sites (tertiary alicyclic amines) is 1. The largest absolute Gasteiger partial charge is 0.383 e. The van der Waals surface area contributed by atoms with Gasteiger partial charge in [0.15, 0.2) is 0 Å². The summed E-state index contributed by atoms with van der Waals surface area (Å²) in [6, 6.07) is 18.0. The zero-order chi connectivity index (χ0) is 29.5. The second-order valence-electron chi connectivity index (χ2n) is 12.3. The molecule has 3 N–H and O–H groups in total. The van der Waals surface area contributed by atoms with E-state index in [-0.39, 0.29) is 17.9 Å². The number of carbonyl (C=O) groups is 2. The van der Waals surface area contributed by atoms with E-state index in [9.17, 15) is 9.59 Å². The maximum absolute atomic E-state index is 12.9. The van der Waals surface area contributed by atoms with Crippen molar-refractivity contribution in [2.75, 3.05) is 37.7 Å². The van der Waals surface area contributed by atoms with Crippen molar-refractivity contribution in [1.82, 2.24) is 24.3 Å². The van der Waals surface area contributed by atoms with Gasteiger partial charge in [0.1, 0.15) is 17.8 Å². The number of nitrogens with zero attached hydrogens (tertiary/aromatic N) is 5. The summed E-state index contributed by atoms with van der Waals surface area (Å²) in [6.07, 6.45) is 12.0. The molecule has 2 atom stereocenters. The predicted octanol–water partition coefficient (Wildman–Crippen LogP) is 4.99. The molecule has 0 radical (unpaired) electrons. The maximum atomic E-state index is 12.9. The smallest absolute Gasteiger partial charge is 0.255 e. The Hall–Kier alpha value is -4.50. The summed E-state index contributed by atoms with van der Waals surface area (Å²) in [5.41, 5.74) is 10.5. The van der Waals surface area contributed by atoms with E-state index in [1.54, 1.807) is 6.08 Å². The number of hydrogen-bond donors (Lipinski definition) is 2. The molecule has 2 aromatic carbocycles. The van der Waals surface area contributed by atoms with Gasteiger partial charge in [-0.05, 0) is 74.4 Å². The van der Waals surface area contributed by atoms with Gasteiger partial charge in [-0.2, -0.15) is 0 Å². The Balaban J connectivity index is 1.06. The van der Waals surface area contributed by atoms with Crippen LogP contribution in [-0.4, -0.2) is 68.9 Å². The molecule has 9 nitrogen and oxygen atoms in total. The first-order valence-corrected chi connectivity index (χ1v) is 15.2. The number of hydrogen-bond acceptors (Lipinski definition) is 6. The molecule has 4 aromatic rings. The molecule has 2 saturated carbocycles. The number of fused-ring (bicyclic) bond motifs is 2. The van der Waals surface area contributed by atoms with Gasteiger partial charge in [0.2, 0.25) is 5.91 Å². The van der Waals surface area contributed by atoms with Gasteiger partial charge in [-0.15, -0.1) is 0 Å². The number of likely N-dealkylation sites (N-methyl/N-ethyl adjacent to an activating group) is 1. The number of amides is 2. The van der Waals surface area contributed by atoms with Crippen molar-refractivity contribution in [3.8, 4) is 11.1 Å². The third-order valence-corrected chi connectivity index (χ3v) is 9.38. The lowest BCUT2D eigenvalue weighted by Gasteiger charge is -2.19. The van der Waals surface area contributed by atoms with E-state index in [1.165, 1.54) is 19.2 Å². The van der Waals surface area contributed by atoms with Gasteiger partial charge in [0.05, 0.1) is 5.39 Å². The zero-order valence-electron chi connectivity index (χ0n) is 24.4. The van der Waals surface area contributed by atoms with Crippen LogP contribution >= 0.6 is 0 Å². The fourth-order valence-electron chi connectivity index (χ4n) is 6.90. The minimum Gasteiger partial charge on any atom is -0.383 e. The third kappa shape index (κ3) is 5.52. The molecule has 2 amide bonds. The first-order chi connectivity index (χ1) is 20.9. The summed E-state index contributed by atoms with van der Waals surface area (Å²) in [7, 11) is 2.13. The molecule has 43 heavy (non-hydrogen) atoms. The van der Waals surface area contributed by atoms with Crippen molar-refractivity contribution < 1.29 is 9.59 Å². The fraction of sp³-hybridized carbons (Fsp3) is 0.353. The third-order valence-electron chi connectivity index (χ3n) is 9.38. The van der Waals surface area contributed by atoms with Gasteiger partial charge >= 0.3 is 0 Å². The molecule has 2 unspecified atom stereocenters. The van der Waals surface area contributed by atoms with E-state index in [0.717, 1.165) is 60.3 Å². The van der Waals surface area contributed by atoms with E-state index in [0.29, 0.717) is 29.3 Å². The van der Waals surface area contributed by atoms with Gasteiger partial charge in [0, 0.05) is 60.8 Å². The summed E-state index contributed by atoms with van der Waals surface area (Å²) in [5, 5.41) is 3.77. The van der Waals surface area contributed by atoms with E-state index >= 15 is 0 Å². The van der Waals surface area contributed by atoms with Crippen molar-refractivity contribution in [2.45, 2.75) is 37.8 Å². The van der Waals surface area contributed by atoms with E-state index < -0.39 is 0 Å². The second kappa shape index (κ2) is 11.3. The van der Waals surface area contributed by atoms with E-state index in [2.05, 4.69) is 38.0 Å². The summed E-state index contributed by atoms with van der Waals surface area (Å²) in [5.74, 6) is 1.36. The Morgan fingerprint density at radius 2 is 1.74 bits per heavy atom. The Morgan fingerprint density at radius 1 is 1.02 bits per heavy atom. The van der Waals surface area contributed by atoms with Crippen LogP contribution in [0.25, 0.3) is 22.2 Å². The SMILES string of the molecule is CN(CC=CC(=O)N1CC2CC(n3cc(-c4ccc(C(=O)Nc5ccccc5)cc4)c4c(N)ncnc43)CC2C1)C1CC1. The molecule has 1 aliphatic heterocycles. The molecule has 9 heteroatoms. The first-order valence-electron chi connectivity index (χ1n) is 15.2. The fourth-order valence-corrected chi connectivity index (χ4v) is 6.90. The van der Waals surface area contributed by atoms with Crippen LogP contribution in [0, 0.1) is 11.8 Å². The highest BCUT2D eigenvalue weighted by Crippen LogP contribution is 2.46. The lowest BCUT2D eigenvalue weighted by Crippen LogP contribution is -2.29. The first kappa shape index (κ1) is 27.3. The van der Waals surface area contributed by atoms with Crippen LogP contribution < -0.4 is 11.1 Å². The molecule has 2 aromatic heterocycles. The van der Waals surface area contributed by atoms with Gasteiger partial charge < -0.3 is 20.5 Å². The molecule has 3 aliphatic rings. The molecule has 3 fully saturated rings. The van der Waals surface area contributed by atoms with Crippen LogP contribution in [0.3, 0.4) is 0 Å². The van der Waals surface area contributed by atoms with Gasteiger partial charge in [-0.25, -0.2) is 9.97 Å². The van der Waals surface area contributed by atoms with Crippen molar-refractivity contribution >= 4 is 34.4 Å². The zero-order valence-corrected chi connectivity index (χ0v) is 24.4. The number of para-hydroxylation sites is 1. The number of carbonyl (C=O) groups excluding carboxylic acids is 2. The lowest BCUT2D eigenvalue weighted by atomic mass is 10.0. The molecule has 0 spiro atoms. The monoisotopic (exact) mass is 575 g/mol. The highest BCUT2D eigenvalue weighted by Gasteiger charge is 2.43. The number of rotatable bonds is 8. The Labute approximate surface area is 251 Å².